The number of aromatic nitrogens is 2. The van der Waals surface area contributed by atoms with Gasteiger partial charge in [-0.1, -0.05) is 18.2 Å². The molecule has 4 rings (SSSR count). The monoisotopic (exact) mass is 359 g/mol. The number of rotatable bonds is 4. The van der Waals surface area contributed by atoms with Crippen molar-refractivity contribution < 1.29 is 4.79 Å². The van der Waals surface area contributed by atoms with Gasteiger partial charge in [0.25, 0.3) is 0 Å². The summed E-state index contributed by atoms with van der Waals surface area (Å²) in [4.78, 5) is 27.7. The van der Waals surface area contributed by atoms with Gasteiger partial charge in [-0.15, -0.1) is 0 Å². The van der Waals surface area contributed by atoms with Crippen molar-refractivity contribution in [1.82, 2.24) is 14.9 Å². The van der Waals surface area contributed by atoms with E-state index in [1.54, 1.807) is 16.8 Å². The van der Waals surface area contributed by atoms with E-state index in [2.05, 4.69) is 30.2 Å². The number of para-hydroxylation sites is 1. The number of nitrogens with one attached hydrogen (secondary N) is 2. The number of carbonyl (C=O) groups is 1. The van der Waals surface area contributed by atoms with Crippen molar-refractivity contribution in [2.24, 2.45) is 0 Å². The number of carbonyl (C=O) groups excluding carboxylic acids is 1. The topological polar surface area (TPSA) is 66.9 Å². The largest absolute Gasteiger partial charge is 0.358 e. The van der Waals surface area contributed by atoms with E-state index < -0.39 is 0 Å². The molecular weight excluding hydrogens is 338 g/mol. The first kappa shape index (κ1) is 17.1. The average molecular weight is 359 g/mol. The highest BCUT2D eigenvalue weighted by molar-refractivity contribution is 5.85. The molecule has 0 saturated carbocycles. The smallest absolute Gasteiger partial charge is 0.240 e. The fourth-order valence-electron chi connectivity index (χ4n) is 3.43. The molecule has 0 radical (unpaired) electrons. The molecule has 0 aliphatic rings. The lowest BCUT2D eigenvalue weighted by Gasteiger charge is -2.11. The van der Waals surface area contributed by atoms with Gasteiger partial charge in [0, 0.05) is 40.8 Å². The summed E-state index contributed by atoms with van der Waals surface area (Å²) >= 11 is 0. The molecule has 0 bridgehead atoms. The van der Waals surface area contributed by atoms with Gasteiger partial charge in [0.15, 0.2) is 5.43 Å². The summed E-state index contributed by atoms with van der Waals surface area (Å²) in [5.41, 5.74) is 5.30. The Labute approximate surface area is 156 Å². The standard InChI is InChI=1S/C22H21N3O2/c1-14-15(2)24-19-8-7-16(11-18(14)19)12-23-22(27)13-25-10-9-21(26)17-5-3-4-6-20(17)25/h3-11,24H,12-13H2,1-2H3,(H,23,27). The number of H-pyrrole nitrogens is 1. The minimum absolute atomic E-state index is 0.0345. The summed E-state index contributed by atoms with van der Waals surface area (Å²) in [5, 5.41) is 4.78. The van der Waals surface area contributed by atoms with Crippen molar-refractivity contribution in [2.75, 3.05) is 0 Å². The Kier molecular flexibility index (Phi) is 4.28. The number of hydrogen-bond donors (Lipinski definition) is 2. The summed E-state index contributed by atoms with van der Waals surface area (Å²) in [6.45, 7) is 4.80. The molecule has 2 aromatic carbocycles. The molecule has 0 unspecified atom stereocenters. The molecule has 0 atom stereocenters. The zero-order valence-corrected chi connectivity index (χ0v) is 15.4. The zero-order chi connectivity index (χ0) is 19.0. The summed E-state index contributed by atoms with van der Waals surface area (Å²) in [6, 6.07) is 15.0. The van der Waals surface area contributed by atoms with E-state index in [-0.39, 0.29) is 17.9 Å². The van der Waals surface area contributed by atoms with Crippen LogP contribution in [0.1, 0.15) is 16.8 Å². The van der Waals surface area contributed by atoms with Crippen LogP contribution in [0.4, 0.5) is 0 Å². The quantitative estimate of drug-likeness (QED) is 0.586. The van der Waals surface area contributed by atoms with E-state index in [4.69, 9.17) is 0 Å². The summed E-state index contributed by atoms with van der Waals surface area (Å²) in [7, 11) is 0. The molecule has 1 amide bonds. The third-order valence-corrected chi connectivity index (χ3v) is 5.06. The third-order valence-electron chi connectivity index (χ3n) is 5.06. The molecule has 0 saturated heterocycles. The molecule has 0 aliphatic heterocycles. The van der Waals surface area contributed by atoms with Gasteiger partial charge < -0.3 is 14.9 Å². The predicted octanol–water partition coefficient (Wildman–Crippen LogP) is 3.42. The number of aromatic amines is 1. The average Bonchev–Trinajstić information content (AvgIpc) is 2.96. The lowest BCUT2D eigenvalue weighted by atomic mass is 10.1. The first-order chi connectivity index (χ1) is 13.0. The second-order valence-corrected chi connectivity index (χ2v) is 6.86. The van der Waals surface area contributed by atoms with Gasteiger partial charge in [-0.05, 0) is 49.2 Å². The molecule has 5 heteroatoms. The lowest BCUT2D eigenvalue weighted by Crippen LogP contribution is -2.27. The lowest BCUT2D eigenvalue weighted by molar-refractivity contribution is -0.121. The van der Waals surface area contributed by atoms with E-state index in [0.29, 0.717) is 11.9 Å². The predicted molar refractivity (Wildman–Crippen MR) is 108 cm³/mol. The SMILES string of the molecule is Cc1[nH]c2ccc(CNC(=O)Cn3ccc(=O)c4ccccc43)cc2c1C. The summed E-state index contributed by atoms with van der Waals surface area (Å²) in [6.07, 6.45) is 1.67. The number of hydrogen-bond acceptors (Lipinski definition) is 2. The molecule has 4 aromatic rings. The summed E-state index contributed by atoms with van der Waals surface area (Å²) in [5.74, 6) is -0.0918. The van der Waals surface area contributed by atoms with Crippen LogP contribution < -0.4 is 10.7 Å². The number of benzene rings is 2. The van der Waals surface area contributed by atoms with Crippen LogP contribution in [0, 0.1) is 13.8 Å². The number of nitrogens with zero attached hydrogens (tertiary/aromatic N) is 1. The number of amides is 1. The minimum Gasteiger partial charge on any atom is -0.358 e. The van der Waals surface area contributed by atoms with Gasteiger partial charge in [-0.25, -0.2) is 0 Å². The summed E-state index contributed by atoms with van der Waals surface area (Å²) < 4.78 is 1.80. The Bertz CT molecular complexity index is 1220. The third kappa shape index (κ3) is 3.24. The Morgan fingerprint density at radius 2 is 1.89 bits per heavy atom. The minimum atomic E-state index is -0.0918. The van der Waals surface area contributed by atoms with Gasteiger partial charge in [0.1, 0.15) is 6.54 Å². The number of fused-ring (bicyclic) bond motifs is 2. The molecule has 2 aromatic heterocycles. The molecular formula is C22H21N3O2. The van der Waals surface area contributed by atoms with Crippen LogP contribution in [0.3, 0.4) is 0 Å². The van der Waals surface area contributed by atoms with Gasteiger partial charge in [0.2, 0.25) is 5.91 Å². The van der Waals surface area contributed by atoms with Gasteiger partial charge in [-0.3, -0.25) is 9.59 Å². The van der Waals surface area contributed by atoms with Crippen LogP contribution in [0.2, 0.25) is 0 Å². The molecule has 5 nitrogen and oxygen atoms in total. The Balaban J connectivity index is 1.50. The Hall–Kier alpha value is -3.34. The van der Waals surface area contributed by atoms with Crippen molar-refractivity contribution in [2.45, 2.75) is 26.9 Å². The van der Waals surface area contributed by atoms with Crippen molar-refractivity contribution in [3.05, 3.63) is 81.8 Å². The fraction of sp³-hybridized carbons (Fsp3) is 0.182. The number of aryl methyl sites for hydroxylation is 2. The maximum atomic E-state index is 12.4. The van der Waals surface area contributed by atoms with E-state index in [1.807, 2.05) is 30.3 Å². The maximum Gasteiger partial charge on any atom is 0.240 e. The normalized spacial score (nSPS) is 11.2. The van der Waals surface area contributed by atoms with Gasteiger partial charge >= 0.3 is 0 Å². The van der Waals surface area contributed by atoms with E-state index in [1.165, 1.54) is 17.0 Å². The molecule has 0 fully saturated rings. The van der Waals surface area contributed by atoms with E-state index in [0.717, 1.165) is 22.3 Å². The maximum absolute atomic E-state index is 12.4. The molecule has 27 heavy (non-hydrogen) atoms. The van der Waals surface area contributed by atoms with E-state index in [9.17, 15) is 9.59 Å². The Morgan fingerprint density at radius 1 is 1.07 bits per heavy atom. The second-order valence-electron chi connectivity index (χ2n) is 6.86. The highest BCUT2D eigenvalue weighted by Gasteiger charge is 2.08. The van der Waals surface area contributed by atoms with Crippen LogP contribution in [-0.4, -0.2) is 15.5 Å². The molecule has 0 aliphatic carbocycles. The fourth-order valence-corrected chi connectivity index (χ4v) is 3.43. The Morgan fingerprint density at radius 3 is 2.74 bits per heavy atom. The van der Waals surface area contributed by atoms with Crippen molar-refractivity contribution >= 4 is 27.7 Å². The molecule has 0 spiro atoms. The van der Waals surface area contributed by atoms with Crippen molar-refractivity contribution in [1.29, 1.82) is 0 Å². The number of pyridine rings is 1. The van der Waals surface area contributed by atoms with Crippen molar-refractivity contribution in [3.8, 4) is 0 Å². The van der Waals surface area contributed by atoms with Crippen molar-refractivity contribution in [3.63, 3.8) is 0 Å². The van der Waals surface area contributed by atoms with Gasteiger partial charge in [0.05, 0.1) is 5.52 Å². The van der Waals surface area contributed by atoms with Crippen LogP contribution >= 0.6 is 0 Å². The molecule has 136 valence electrons. The van der Waals surface area contributed by atoms with Gasteiger partial charge in [-0.2, -0.15) is 0 Å². The van der Waals surface area contributed by atoms with Crippen LogP contribution in [0.25, 0.3) is 21.8 Å². The highest BCUT2D eigenvalue weighted by atomic mass is 16.2. The van der Waals surface area contributed by atoms with E-state index >= 15 is 0 Å². The van der Waals surface area contributed by atoms with Crippen LogP contribution in [-0.2, 0) is 17.9 Å². The van der Waals surface area contributed by atoms with Crippen LogP contribution in [0.15, 0.2) is 59.5 Å². The molecule has 2 N–H and O–H groups in total. The molecule has 2 heterocycles. The highest BCUT2D eigenvalue weighted by Crippen LogP contribution is 2.22. The first-order valence-corrected chi connectivity index (χ1v) is 8.95. The van der Waals surface area contributed by atoms with Crippen LogP contribution in [0.5, 0.6) is 0 Å². The first-order valence-electron chi connectivity index (χ1n) is 8.95. The second kappa shape index (κ2) is 6.76. The zero-order valence-electron chi connectivity index (χ0n) is 15.4.